The second-order valence-electron chi connectivity index (χ2n) is 5.52. The summed E-state index contributed by atoms with van der Waals surface area (Å²) in [5.41, 5.74) is 8.11. The summed E-state index contributed by atoms with van der Waals surface area (Å²) in [4.78, 5) is 32.4. The Balaban J connectivity index is 1.59. The Labute approximate surface area is 139 Å². The van der Waals surface area contributed by atoms with Crippen molar-refractivity contribution in [2.24, 2.45) is 5.73 Å². The third kappa shape index (κ3) is 3.79. The van der Waals surface area contributed by atoms with Gasteiger partial charge in [0.05, 0.1) is 19.0 Å². The monoisotopic (exact) mass is 329 g/mol. The number of imidazole rings is 1. The molecule has 0 saturated carbocycles. The van der Waals surface area contributed by atoms with Crippen molar-refractivity contribution < 1.29 is 14.3 Å². The highest BCUT2D eigenvalue weighted by atomic mass is 16.5. The highest BCUT2D eigenvalue weighted by Crippen LogP contribution is 2.19. The number of ether oxygens (including phenoxy) is 1. The molecule has 0 bridgehead atoms. The van der Waals surface area contributed by atoms with Gasteiger partial charge in [-0.1, -0.05) is 0 Å². The molecular weight excluding hydrogens is 310 g/mol. The molecule has 2 amide bonds. The van der Waals surface area contributed by atoms with Crippen molar-refractivity contribution in [3.8, 4) is 0 Å². The topological polar surface area (TPSA) is 113 Å². The molecule has 1 atom stereocenters. The van der Waals surface area contributed by atoms with Crippen molar-refractivity contribution >= 4 is 23.2 Å². The molecule has 24 heavy (non-hydrogen) atoms. The number of carbonyl (C=O) groups excluding carboxylic acids is 2. The van der Waals surface area contributed by atoms with Gasteiger partial charge in [-0.3, -0.25) is 9.59 Å². The molecule has 1 aliphatic rings. The van der Waals surface area contributed by atoms with E-state index >= 15 is 0 Å². The summed E-state index contributed by atoms with van der Waals surface area (Å²) in [5, 5.41) is 2.77. The fourth-order valence-corrected chi connectivity index (χ4v) is 2.48. The van der Waals surface area contributed by atoms with Gasteiger partial charge in [0.2, 0.25) is 5.91 Å². The molecule has 1 aromatic heterocycles. The number of H-pyrrole nitrogens is 1. The number of carbonyl (C=O) groups is 2. The Morgan fingerprint density at radius 2 is 2.21 bits per heavy atom. The van der Waals surface area contributed by atoms with Crippen LogP contribution < -0.4 is 16.0 Å². The molecular formula is C16H19N5O3. The van der Waals surface area contributed by atoms with Crippen LogP contribution in [0, 0.1) is 0 Å². The van der Waals surface area contributed by atoms with Crippen molar-refractivity contribution in [2.75, 3.05) is 30.0 Å². The van der Waals surface area contributed by atoms with E-state index in [4.69, 9.17) is 10.5 Å². The van der Waals surface area contributed by atoms with E-state index in [9.17, 15) is 9.59 Å². The second-order valence-corrected chi connectivity index (χ2v) is 5.52. The number of aromatic amines is 1. The molecule has 0 unspecified atom stereocenters. The van der Waals surface area contributed by atoms with Gasteiger partial charge < -0.3 is 25.7 Å². The van der Waals surface area contributed by atoms with Crippen LogP contribution >= 0.6 is 0 Å². The van der Waals surface area contributed by atoms with Crippen molar-refractivity contribution in [3.05, 3.63) is 42.5 Å². The van der Waals surface area contributed by atoms with E-state index in [0.29, 0.717) is 25.3 Å². The van der Waals surface area contributed by atoms with Gasteiger partial charge in [-0.15, -0.1) is 0 Å². The maximum absolute atomic E-state index is 12.1. The first kappa shape index (κ1) is 16.2. The Morgan fingerprint density at radius 1 is 1.42 bits per heavy atom. The van der Waals surface area contributed by atoms with Crippen LogP contribution in [0.1, 0.15) is 5.69 Å². The third-order valence-corrected chi connectivity index (χ3v) is 3.76. The minimum absolute atomic E-state index is 0.0698. The fraction of sp³-hybridized carbons (Fsp3) is 0.312. The lowest BCUT2D eigenvalue weighted by molar-refractivity contribution is -0.125. The Kier molecular flexibility index (Phi) is 4.88. The van der Waals surface area contributed by atoms with E-state index in [1.807, 2.05) is 0 Å². The summed E-state index contributed by atoms with van der Waals surface area (Å²) in [6, 6.07) is 6.40. The Bertz CT molecular complexity index is 699. The highest BCUT2D eigenvalue weighted by Gasteiger charge is 2.20. The minimum atomic E-state index is -0.675. The van der Waals surface area contributed by atoms with Crippen molar-refractivity contribution in [2.45, 2.75) is 12.5 Å². The number of rotatable bonds is 5. The number of nitrogens with zero attached hydrogens (tertiary/aromatic N) is 2. The van der Waals surface area contributed by atoms with E-state index in [-0.39, 0.29) is 18.4 Å². The molecule has 1 aliphatic heterocycles. The Hall–Kier alpha value is -2.71. The second kappa shape index (κ2) is 7.24. The molecule has 2 heterocycles. The lowest BCUT2D eigenvalue weighted by Gasteiger charge is -2.27. The van der Waals surface area contributed by atoms with Gasteiger partial charge in [0.15, 0.2) is 0 Å². The average Bonchev–Trinajstić information content (AvgIpc) is 3.09. The number of hydrogen-bond acceptors (Lipinski definition) is 5. The summed E-state index contributed by atoms with van der Waals surface area (Å²) >= 11 is 0. The van der Waals surface area contributed by atoms with Crippen molar-refractivity contribution in [3.63, 3.8) is 0 Å². The predicted molar refractivity (Wildman–Crippen MR) is 88.5 cm³/mol. The quantitative estimate of drug-likeness (QED) is 0.729. The normalized spacial score (nSPS) is 16.0. The van der Waals surface area contributed by atoms with Gasteiger partial charge in [0.1, 0.15) is 6.61 Å². The zero-order valence-electron chi connectivity index (χ0n) is 13.1. The van der Waals surface area contributed by atoms with Gasteiger partial charge in [-0.05, 0) is 24.3 Å². The van der Waals surface area contributed by atoms with Crippen LogP contribution in [0.5, 0.6) is 0 Å². The number of nitrogens with one attached hydrogen (secondary N) is 2. The fourth-order valence-electron chi connectivity index (χ4n) is 2.48. The molecule has 1 saturated heterocycles. The first-order valence-corrected chi connectivity index (χ1v) is 7.65. The molecule has 4 N–H and O–H groups in total. The van der Waals surface area contributed by atoms with Crippen LogP contribution in [0.3, 0.4) is 0 Å². The molecule has 1 aromatic carbocycles. The summed E-state index contributed by atoms with van der Waals surface area (Å²) in [5.74, 6) is -0.348. The number of nitrogens with two attached hydrogens (primary N) is 1. The third-order valence-electron chi connectivity index (χ3n) is 3.76. The molecule has 1 fully saturated rings. The number of benzene rings is 1. The standard InChI is InChI=1S/C16H19N5O3/c17-14(7-12-8-18-10-19-12)16(23)20-11-1-3-13(4-2-11)21-5-6-24-9-15(21)22/h1-4,8,10,14H,5-7,9,17H2,(H,18,19)(H,20,23)/t14-/m0/s1. The Morgan fingerprint density at radius 3 is 2.88 bits per heavy atom. The van der Waals surface area contributed by atoms with E-state index in [1.54, 1.807) is 41.7 Å². The summed E-state index contributed by atoms with van der Waals surface area (Å²) in [7, 11) is 0. The summed E-state index contributed by atoms with van der Waals surface area (Å²) < 4.78 is 5.11. The van der Waals surface area contributed by atoms with Gasteiger partial charge in [0, 0.05) is 36.2 Å². The van der Waals surface area contributed by atoms with Crippen LogP contribution in [-0.4, -0.2) is 47.6 Å². The van der Waals surface area contributed by atoms with Gasteiger partial charge in [-0.25, -0.2) is 4.98 Å². The van der Waals surface area contributed by atoms with Gasteiger partial charge in [-0.2, -0.15) is 0 Å². The molecule has 0 radical (unpaired) electrons. The van der Waals surface area contributed by atoms with Gasteiger partial charge in [0.25, 0.3) is 5.91 Å². The molecule has 0 spiro atoms. The molecule has 3 rings (SSSR count). The summed E-state index contributed by atoms with van der Waals surface area (Å²) in [6.45, 7) is 1.15. The van der Waals surface area contributed by atoms with Gasteiger partial charge >= 0.3 is 0 Å². The average molecular weight is 329 g/mol. The molecule has 8 heteroatoms. The van der Waals surface area contributed by atoms with Crippen LogP contribution in [0.4, 0.5) is 11.4 Å². The number of morpholine rings is 1. The highest BCUT2D eigenvalue weighted by molar-refractivity contribution is 5.96. The first-order valence-electron chi connectivity index (χ1n) is 7.65. The zero-order valence-corrected chi connectivity index (χ0v) is 13.1. The van der Waals surface area contributed by atoms with Crippen LogP contribution in [0.25, 0.3) is 0 Å². The van der Waals surface area contributed by atoms with E-state index in [1.165, 1.54) is 0 Å². The first-order chi connectivity index (χ1) is 11.6. The number of anilines is 2. The molecule has 0 aliphatic carbocycles. The van der Waals surface area contributed by atoms with Crippen LogP contribution in [-0.2, 0) is 20.7 Å². The minimum Gasteiger partial charge on any atom is -0.370 e. The van der Waals surface area contributed by atoms with Crippen LogP contribution in [0.15, 0.2) is 36.8 Å². The van der Waals surface area contributed by atoms with E-state index < -0.39 is 6.04 Å². The molecule has 8 nitrogen and oxygen atoms in total. The lowest BCUT2D eigenvalue weighted by atomic mass is 10.1. The van der Waals surface area contributed by atoms with E-state index in [2.05, 4.69) is 15.3 Å². The number of amides is 2. The number of hydrogen-bond donors (Lipinski definition) is 3. The van der Waals surface area contributed by atoms with Crippen LogP contribution in [0.2, 0.25) is 0 Å². The smallest absolute Gasteiger partial charge is 0.253 e. The zero-order chi connectivity index (χ0) is 16.9. The van der Waals surface area contributed by atoms with Crippen molar-refractivity contribution in [1.29, 1.82) is 0 Å². The predicted octanol–water partition coefficient (Wildman–Crippen LogP) is 0.281. The largest absolute Gasteiger partial charge is 0.370 e. The molecule has 126 valence electrons. The molecule has 2 aromatic rings. The lowest BCUT2D eigenvalue weighted by Crippen LogP contribution is -2.41. The maximum atomic E-state index is 12.1. The SMILES string of the molecule is N[C@@H](Cc1cnc[nH]1)C(=O)Nc1ccc(N2CCOCC2=O)cc1. The summed E-state index contributed by atoms with van der Waals surface area (Å²) in [6.07, 6.45) is 3.57. The number of aromatic nitrogens is 2. The van der Waals surface area contributed by atoms with E-state index in [0.717, 1.165) is 11.4 Å². The van der Waals surface area contributed by atoms with Crippen molar-refractivity contribution in [1.82, 2.24) is 9.97 Å². The maximum Gasteiger partial charge on any atom is 0.253 e.